The van der Waals surface area contributed by atoms with Gasteiger partial charge in [0.2, 0.25) is 0 Å². The molecule has 0 aromatic carbocycles. The third kappa shape index (κ3) is 70.5. The fourth-order valence-electron chi connectivity index (χ4n) is 11.7. The van der Waals surface area contributed by atoms with Gasteiger partial charge in [-0.3, -0.25) is 14.4 Å². The zero-order valence-electron chi connectivity index (χ0n) is 56.5. The molecule has 83 heavy (non-hydrogen) atoms. The van der Waals surface area contributed by atoms with Crippen LogP contribution in [0.2, 0.25) is 0 Å². The number of carbonyl (C=O) groups is 3. The fraction of sp³-hybridized carbons (Fsp3) is 0.909. The Bertz CT molecular complexity index is 1340. The molecule has 0 aliphatic heterocycles. The summed E-state index contributed by atoms with van der Waals surface area (Å²) in [6.07, 6.45) is 90.1. The Morgan fingerprint density at radius 2 is 0.398 bits per heavy atom. The second kappa shape index (κ2) is 72.4. The van der Waals surface area contributed by atoms with Crippen LogP contribution in [0.5, 0.6) is 0 Å². The number of hydrogen-bond acceptors (Lipinski definition) is 6. The van der Waals surface area contributed by atoms with Crippen molar-refractivity contribution in [2.75, 3.05) is 13.2 Å². The molecule has 0 bridgehead atoms. The largest absolute Gasteiger partial charge is 0.462 e. The van der Waals surface area contributed by atoms with Gasteiger partial charge < -0.3 is 14.2 Å². The highest BCUT2D eigenvalue weighted by molar-refractivity contribution is 5.71. The molecule has 0 N–H and O–H groups in total. The van der Waals surface area contributed by atoms with Gasteiger partial charge in [-0.25, -0.2) is 0 Å². The van der Waals surface area contributed by atoms with Crippen molar-refractivity contribution >= 4 is 17.9 Å². The van der Waals surface area contributed by atoms with Crippen LogP contribution in [0, 0.1) is 0 Å². The summed E-state index contributed by atoms with van der Waals surface area (Å²) in [5, 5.41) is 0. The van der Waals surface area contributed by atoms with Crippen molar-refractivity contribution in [2.24, 2.45) is 0 Å². The Kier molecular flexibility index (Phi) is 70.5. The summed E-state index contributed by atoms with van der Waals surface area (Å²) in [7, 11) is 0. The first-order valence-corrected chi connectivity index (χ1v) is 37.8. The predicted molar refractivity (Wildman–Crippen MR) is 363 cm³/mol. The van der Waals surface area contributed by atoms with E-state index in [1.165, 1.54) is 327 Å². The molecular formula is C77H146O6. The van der Waals surface area contributed by atoms with E-state index in [0.29, 0.717) is 19.3 Å². The van der Waals surface area contributed by atoms with Crippen molar-refractivity contribution < 1.29 is 28.6 Å². The molecule has 1 atom stereocenters. The van der Waals surface area contributed by atoms with Crippen LogP contribution in [0.25, 0.3) is 0 Å². The Morgan fingerprint density at radius 3 is 0.602 bits per heavy atom. The first-order chi connectivity index (χ1) is 41.0. The van der Waals surface area contributed by atoms with Crippen LogP contribution < -0.4 is 0 Å². The number of unbranched alkanes of at least 4 members (excludes halogenated alkanes) is 56. The van der Waals surface area contributed by atoms with E-state index in [1.54, 1.807) is 0 Å². The smallest absolute Gasteiger partial charge is 0.306 e. The summed E-state index contributed by atoms with van der Waals surface area (Å²) in [5.74, 6) is -0.849. The van der Waals surface area contributed by atoms with E-state index in [0.717, 1.165) is 64.2 Å². The van der Waals surface area contributed by atoms with E-state index in [-0.39, 0.29) is 31.1 Å². The topological polar surface area (TPSA) is 78.9 Å². The van der Waals surface area contributed by atoms with Gasteiger partial charge in [0.15, 0.2) is 6.10 Å². The second-order valence-electron chi connectivity index (χ2n) is 25.9. The van der Waals surface area contributed by atoms with Crippen LogP contribution in [-0.2, 0) is 28.6 Å². The fourth-order valence-corrected chi connectivity index (χ4v) is 11.7. The lowest BCUT2D eigenvalue weighted by molar-refractivity contribution is -0.167. The third-order valence-electron chi connectivity index (χ3n) is 17.4. The molecule has 0 heterocycles. The van der Waals surface area contributed by atoms with Crippen LogP contribution in [-0.4, -0.2) is 37.2 Å². The zero-order chi connectivity index (χ0) is 59.9. The van der Waals surface area contributed by atoms with E-state index >= 15 is 0 Å². The highest BCUT2D eigenvalue weighted by Gasteiger charge is 2.20. The van der Waals surface area contributed by atoms with Crippen molar-refractivity contribution in [3.8, 4) is 0 Å². The Hall–Kier alpha value is -2.11. The first-order valence-electron chi connectivity index (χ1n) is 37.8. The number of carbonyl (C=O) groups excluding carboxylic acids is 3. The van der Waals surface area contributed by atoms with Crippen molar-refractivity contribution in [1.29, 1.82) is 0 Å². The molecule has 0 amide bonds. The lowest BCUT2D eigenvalue weighted by Gasteiger charge is -2.18. The maximum absolute atomic E-state index is 12.9. The van der Waals surface area contributed by atoms with Crippen molar-refractivity contribution in [2.45, 2.75) is 438 Å². The lowest BCUT2D eigenvalue weighted by atomic mass is 10.0. The quantitative estimate of drug-likeness (QED) is 0.0261. The van der Waals surface area contributed by atoms with E-state index in [9.17, 15) is 14.4 Å². The highest BCUT2D eigenvalue weighted by atomic mass is 16.6. The molecule has 0 saturated carbocycles. The number of rotatable bonds is 71. The lowest BCUT2D eigenvalue weighted by Crippen LogP contribution is -2.30. The zero-order valence-corrected chi connectivity index (χ0v) is 56.5. The maximum Gasteiger partial charge on any atom is 0.306 e. The molecular weight excluding hydrogens is 1020 g/mol. The van der Waals surface area contributed by atoms with E-state index in [2.05, 4.69) is 45.1 Å². The Labute approximate surface area is 519 Å². The van der Waals surface area contributed by atoms with Gasteiger partial charge in [0.1, 0.15) is 13.2 Å². The van der Waals surface area contributed by atoms with Gasteiger partial charge >= 0.3 is 17.9 Å². The van der Waals surface area contributed by atoms with Gasteiger partial charge in [-0.1, -0.05) is 366 Å². The predicted octanol–water partition coefficient (Wildman–Crippen LogP) is 26.1. The maximum atomic E-state index is 12.9. The van der Waals surface area contributed by atoms with Gasteiger partial charge in [-0.15, -0.1) is 0 Å². The van der Waals surface area contributed by atoms with Crippen LogP contribution in [0.3, 0.4) is 0 Å². The van der Waals surface area contributed by atoms with Crippen molar-refractivity contribution in [3.63, 3.8) is 0 Å². The number of hydrogen-bond donors (Lipinski definition) is 0. The minimum absolute atomic E-state index is 0.0653. The Balaban J connectivity index is 3.87. The SMILES string of the molecule is CCCCCCCCCC/C=C\CCCCCCCCCCCCCCCCCCCCCCCC(=O)OCC(COC(=O)CCCCCCC)OC(=O)CCCCCCCCCCCCCCCCC/C=C\CCCCCCCCCC. The third-order valence-corrected chi connectivity index (χ3v) is 17.4. The molecule has 490 valence electrons. The monoisotopic (exact) mass is 1170 g/mol. The van der Waals surface area contributed by atoms with Crippen molar-refractivity contribution in [1.82, 2.24) is 0 Å². The summed E-state index contributed by atoms with van der Waals surface area (Å²) in [6.45, 7) is 6.64. The Morgan fingerprint density at radius 1 is 0.229 bits per heavy atom. The summed E-state index contributed by atoms with van der Waals surface area (Å²) in [6, 6.07) is 0. The minimum Gasteiger partial charge on any atom is -0.462 e. The molecule has 0 spiro atoms. The first kappa shape index (κ1) is 80.9. The second-order valence-corrected chi connectivity index (χ2v) is 25.9. The molecule has 0 aromatic rings. The summed E-state index contributed by atoms with van der Waals surface area (Å²) in [5.41, 5.74) is 0. The number of allylic oxidation sites excluding steroid dienone is 4. The summed E-state index contributed by atoms with van der Waals surface area (Å²) in [4.78, 5) is 38.1. The standard InChI is InChI=1S/C77H146O6/c1-4-7-10-13-15-17-19-21-23-25-27-29-31-33-35-36-37-38-39-40-42-43-45-47-49-51-53-55-57-59-61-64-67-70-76(79)82-73-74(72-81-75(78)69-66-63-12-9-6-3)83-77(80)71-68-65-62-60-58-56-54-52-50-48-46-44-41-34-32-30-28-26-24-22-20-18-16-14-11-8-5-2/h25-28,74H,4-24,29-73H2,1-3H3/b27-25-,28-26-. The number of esters is 3. The van der Waals surface area contributed by atoms with Crippen LogP contribution >= 0.6 is 0 Å². The van der Waals surface area contributed by atoms with Crippen LogP contribution in [0.4, 0.5) is 0 Å². The summed E-state index contributed by atoms with van der Waals surface area (Å²) >= 11 is 0. The molecule has 0 aliphatic carbocycles. The van der Waals surface area contributed by atoms with Crippen LogP contribution in [0.1, 0.15) is 432 Å². The van der Waals surface area contributed by atoms with E-state index < -0.39 is 6.10 Å². The average molecular weight is 1170 g/mol. The molecule has 0 rings (SSSR count). The molecule has 0 fully saturated rings. The van der Waals surface area contributed by atoms with E-state index in [1.807, 2.05) is 0 Å². The summed E-state index contributed by atoms with van der Waals surface area (Å²) < 4.78 is 16.9. The van der Waals surface area contributed by atoms with E-state index in [4.69, 9.17) is 14.2 Å². The minimum atomic E-state index is -0.765. The molecule has 0 aromatic heterocycles. The average Bonchev–Trinajstić information content (AvgIpc) is 3.49. The molecule has 1 unspecified atom stereocenters. The van der Waals surface area contributed by atoms with Gasteiger partial charge in [0.25, 0.3) is 0 Å². The van der Waals surface area contributed by atoms with Gasteiger partial charge in [0.05, 0.1) is 0 Å². The molecule has 0 radical (unpaired) electrons. The highest BCUT2D eigenvalue weighted by Crippen LogP contribution is 2.19. The molecule has 6 nitrogen and oxygen atoms in total. The molecule has 0 aliphatic rings. The van der Waals surface area contributed by atoms with Gasteiger partial charge in [0, 0.05) is 19.3 Å². The number of ether oxygens (including phenoxy) is 3. The van der Waals surface area contributed by atoms with Gasteiger partial charge in [-0.2, -0.15) is 0 Å². The van der Waals surface area contributed by atoms with Crippen molar-refractivity contribution in [3.05, 3.63) is 24.3 Å². The normalized spacial score (nSPS) is 12.1. The van der Waals surface area contributed by atoms with Crippen LogP contribution in [0.15, 0.2) is 24.3 Å². The molecule has 0 saturated heterocycles. The molecule has 6 heteroatoms. The van der Waals surface area contributed by atoms with Gasteiger partial charge in [-0.05, 0) is 70.6 Å².